The minimum atomic E-state index is -0.558. The predicted octanol–water partition coefficient (Wildman–Crippen LogP) is 2.71. The standard InChI is InChI=1S/C14H13N3O3/c1-2-16-11(9-10-15-16)7-8-14(18)12-5-3-4-6-13(12)17(19)20/h3-10H,2H2,1H3/b8-7+. The summed E-state index contributed by atoms with van der Waals surface area (Å²) in [6.07, 6.45) is 4.57. The lowest BCUT2D eigenvalue weighted by atomic mass is 10.1. The lowest BCUT2D eigenvalue weighted by Gasteiger charge is -2.00. The molecule has 2 rings (SSSR count). The SMILES string of the molecule is CCn1nccc1/C=C/C(=O)c1ccccc1[N+](=O)[O-]. The Morgan fingerprint density at radius 1 is 1.40 bits per heavy atom. The van der Waals surface area contributed by atoms with Gasteiger partial charge in [0.25, 0.3) is 5.69 Å². The molecule has 0 bridgehead atoms. The van der Waals surface area contributed by atoms with Crippen LogP contribution in [0, 0.1) is 10.1 Å². The van der Waals surface area contributed by atoms with Crippen molar-refractivity contribution in [2.75, 3.05) is 0 Å². The van der Waals surface area contributed by atoms with Crippen molar-refractivity contribution in [3.8, 4) is 0 Å². The van der Waals surface area contributed by atoms with Gasteiger partial charge in [0.05, 0.1) is 16.2 Å². The number of ketones is 1. The molecule has 0 fully saturated rings. The molecule has 102 valence electrons. The normalized spacial score (nSPS) is 10.8. The number of rotatable bonds is 5. The average molecular weight is 271 g/mol. The number of hydrogen-bond donors (Lipinski definition) is 0. The Hall–Kier alpha value is -2.76. The Morgan fingerprint density at radius 3 is 2.85 bits per heavy atom. The molecular formula is C14H13N3O3. The van der Waals surface area contributed by atoms with E-state index in [-0.39, 0.29) is 11.3 Å². The van der Waals surface area contributed by atoms with Crippen LogP contribution in [0.5, 0.6) is 0 Å². The monoisotopic (exact) mass is 271 g/mol. The third-order valence-electron chi connectivity index (χ3n) is 2.82. The van der Waals surface area contributed by atoms with Crippen LogP contribution in [0.15, 0.2) is 42.6 Å². The van der Waals surface area contributed by atoms with Crippen molar-refractivity contribution in [2.24, 2.45) is 0 Å². The van der Waals surface area contributed by atoms with Crippen molar-refractivity contribution >= 4 is 17.5 Å². The first-order chi connectivity index (χ1) is 9.63. The Balaban J connectivity index is 2.27. The molecule has 1 aromatic heterocycles. The Morgan fingerprint density at radius 2 is 2.15 bits per heavy atom. The molecule has 0 unspecified atom stereocenters. The second kappa shape index (κ2) is 5.92. The van der Waals surface area contributed by atoms with Crippen LogP contribution in [0.2, 0.25) is 0 Å². The number of carbonyl (C=O) groups excluding carboxylic acids is 1. The van der Waals surface area contributed by atoms with Crippen molar-refractivity contribution in [3.63, 3.8) is 0 Å². The summed E-state index contributed by atoms with van der Waals surface area (Å²) < 4.78 is 1.73. The van der Waals surface area contributed by atoms with Crippen molar-refractivity contribution in [1.29, 1.82) is 0 Å². The lowest BCUT2D eigenvalue weighted by Crippen LogP contribution is -2.02. The van der Waals surface area contributed by atoms with Gasteiger partial charge in [0.1, 0.15) is 0 Å². The molecule has 0 saturated heterocycles. The van der Waals surface area contributed by atoms with Crippen LogP contribution in [0.25, 0.3) is 6.08 Å². The fourth-order valence-corrected chi connectivity index (χ4v) is 1.84. The maximum Gasteiger partial charge on any atom is 0.280 e. The number of aromatic nitrogens is 2. The molecule has 0 amide bonds. The molecule has 1 aromatic carbocycles. The Labute approximate surface area is 115 Å². The van der Waals surface area contributed by atoms with Crippen LogP contribution in [0.4, 0.5) is 5.69 Å². The smallest absolute Gasteiger partial charge is 0.280 e. The number of allylic oxidation sites excluding steroid dienone is 1. The summed E-state index contributed by atoms with van der Waals surface area (Å²) >= 11 is 0. The zero-order valence-electron chi connectivity index (χ0n) is 10.9. The van der Waals surface area contributed by atoms with Gasteiger partial charge in [-0.3, -0.25) is 19.6 Å². The molecule has 0 aliphatic carbocycles. The first-order valence-electron chi connectivity index (χ1n) is 6.11. The number of hydrogen-bond acceptors (Lipinski definition) is 4. The van der Waals surface area contributed by atoms with Gasteiger partial charge in [0.2, 0.25) is 0 Å². The fourth-order valence-electron chi connectivity index (χ4n) is 1.84. The predicted molar refractivity (Wildman–Crippen MR) is 74.4 cm³/mol. The van der Waals surface area contributed by atoms with Gasteiger partial charge in [-0.2, -0.15) is 5.10 Å². The average Bonchev–Trinajstić information content (AvgIpc) is 2.92. The molecule has 6 nitrogen and oxygen atoms in total. The molecule has 0 atom stereocenters. The molecule has 0 saturated carbocycles. The van der Waals surface area contributed by atoms with E-state index >= 15 is 0 Å². The Kier molecular flexibility index (Phi) is 4.05. The van der Waals surface area contributed by atoms with Crippen molar-refractivity contribution in [2.45, 2.75) is 13.5 Å². The van der Waals surface area contributed by atoms with Crippen LogP contribution in [-0.2, 0) is 6.54 Å². The molecule has 0 radical (unpaired) electrons. The molecule has 0 spiro atoms. The summed E-state index contributed by atoms with van der Waals surface area (Å²) in [6, 6.07) is 7.67. The molecular weight excluding hydrogens is 258 g/mol. The number of carbonyl (C=O) groups is 1. The van der Waals surface area contributed by atoms with E-state index in [4.69, 9.17) is 0 Å². The van der Waals surface area contributed by atoms with E-state index in [9.17, 15) is 14.9 Å². The molecule has 0 aliphatic heterocycles. The lowest BCUT2D eigenvalue weighted by molar-refractivity contribution is -0.385. The van der Waals surface area contributed by atoms with Crippen molar-refractivity contribution in [1.82, 2.24) is 9.78 Å². The van der Waals surface area contributed by atoms with Gasteiger partial charge in [-0.05, 0) is 31.2 Å². The van der Waals surface area contributed by atoms with Crippen LogP contribution in [0.3, 0.4) is 0 Å². The minimum absolute atomic E-state index is 0.0799. The van der Waals surface area contributed by atoms with Gasteiger partial charge >= 0.3 is 0 Å². The maximum atomic E-state index is 12.0. The van der Waals surface area contributed by atoms with Crippen LogP contribution in [0.1, 0.15) is 23.0 Å². The highest BCUT2D eigenvalue weighted by Crippen LogP contribution is 2.18. The van der Waals surface area contributed by atoms with Crippen LogP contribution < -0.4 is 0 Å². The summed E-state index contributed by atoms with van der Waals surface area (Å²) in [5.74, 6) is -0.402. The number of nitrogens with zero attached hydrogens (tertiary/aromatic N) is 3. The second-order valence-corrected chi connectivity index (χ2v) is 4.04. The number of para-hydroxylation sites is 1. The van der Waals surface area contributed by atoms with Gasteiger partial charge in [0.15, 0.2) is 5.78 Å². The number of aryl methyl sites for hydroxylation is 1. The van der Waals surface area contributed by atoms with E-state index in [1.807, 2.05) is 6.92 Å². The molecule has 20 heavy (non-hydrogen) atoms. The third kappa shape index (κ3) is 2.80. The van der Waals surface area contributed by atoms with E-state index < -0.39 is 10.7 Å². The molecule has 0 aliphatic rings. The fraction of sp³-hybridized carbons (Fsp3) is 0.143. The summed E-state index contributed by atoms with van der Waals surface area (Å²) in [5, 5.41) is 15.0. The highest BCUT2D eigenvalue weighted by atomic mass is 16.6. The minimum Gasteiger partial charge on any atom is -0.289 e. The molecule has 2 aromatic rings. The Bertz CT molecular complexity index is 674. The zero-order chi connectivity index (χ0) is 14.5. The summed E-state index contributed by atoms with van der Waals surface area (Å²) in [6.45, 7) is 2.63. The maximum absolute atomic E-state index is 12.0. The quantitative estimate of drug-likeness (QED) is 0.362. The van der Waals surface area contributed by atoms with E-state index in [0.29, 0.717) is 6.54 Å². The number of benzene rings is 1. The highest BCUT2D eigenvalue weighted by molar-refractivity contribution is 6.09. The zero-order valence-corrected chi connectivity index (χ0v) is 10.9. The first kappa shape index (κ1) is 13.7. The van der Waals surface area contributed by atoms with E-state index in [1.54, 1.807) is 29.1 Å². The molecule has 0 N–H and O–H groups in total. The van der Waals surface area contributed by atoms with Gasteiger partial charge in [-0.1, -0.05) is 12.1 Å². The van der Waals surface area contributed by atoms with Crippen LogP contribution in [-0.4, -0.2) is 20.5 Å². The molecule has 6 heteroatoms. The topological polar surface area (TPSA) is 78.0 Å². The summed E-state index contributed by atoms with van der Waals surface area (Å²) in [4.78, 5) is 22.4. The molecule has 1 heterocycles. The number of nitro benzene ring substituents is 1. The highest BCUT2D eigenvalue weighted by Gasteiger charge is 2.16. The number of nitro groups is 1. The van der Waals surface area contributed by atoms with Crippen molar-refractivity contribution < 1.29 is 9.72 Å². The van der Waals surface area contributed by atoms with E-state index in [2.05, 4.69) is 5.10 Å². The van der Waals surface area contributed by atoms with Gasteiger partial charge in [-0.15, -0.1) is 0 Å². The van der Waals surface area contributed by atoms with E-state index in [1.165, 1.54) is 24.3 Å². The summed E-state index contributed by atoms with van der Waals surface area (Å²) in [5.41, 5.74) is 0.668. The first-order valence-corrected chi connectivity index (χ1v) is 6.11. The van der Waals surface area contributed by atoms with Gasteiger partial charge in [-0.25, -0.2) is 0 Å². The van der Waals surface area contributed by atoms with Crippen molar-refractivity contribution in [3.05, 3.63) is 64.0 Å². The second-order valence-electron chi connectivity index (χ2n) is 4.04. The van der Waals surface area contributed by atoms with Crippen LogP contribution >= 0.6 is 0 Å². The van der Waals surface area contributed by atoms with Gasteiger partial charge < -0.3 is 0 Å². The largest absolute Gasteiger partial charge is 0.289 e. The van der Waals surface area contributed by atoms with E-state index in [0.717, 1.165) is 5.69 Å². The van der Waals surface area contributed by atoms with Gasteiger partial charge in [0, 0.05) is 18.8 Å². The third-order valence-corrected chi connectivity index (χ3v) is 2.82. The summed E-state index contributed by atoms with van der Waals surface area (Å²) in [7, 11) is 0.